The molecule has 0 aliphatic heterocycles. The minimum absolute atomic E-state index is 0.352. The van der Waals surface area contributed by atoms with E-state index in [2.05, 4.69) is 41.9 Å². The van der Waals surface area contributed by atoms with Gasteiger partial charge < -0.3 is 5.32 Å². The number of halogens is 1. The molecule has 1 fully saturated rings. The molecule has 0 saturated heterocycles. The number of rotatable bonds is 5. The first kappa shape index (κ1) is 13.2. The van der Waals surface area contributed by atoms with Crippen molar-refractivity contribution in [3.63, 3.8) is 0 Å². The lowest BCUT2D eigenvalue weighted by Crippen LogP contribution is -2.25. The van der Waals surface area contributed by atoms with E-state index < -0.39 is 0 Å². The normalized spacial score (nSPS) is 18.2. The Labute approximate surface area is 123 Å². The van der Waals surface area contributed by atoms with Crippen molar-refractivity contribution in [1.82, 2.24) is 5.32 Å². The monoisotopic (exact) mass is 291 g/mol. The van der Waals surface area contributed by atoms with Gasteiger partial charge >= 0.3 is 0 Å². The Hall–Kier alpha value is -0.830. The molecule has 1 nitrogen and oxygen atoms in total. The molecular weight excluding hydrogens is 274 g/mol. The molecule has 0 radical (unpaired) electrons. The summed E-state index contributed by atoms with van der Waals surface area (Å²) in [6.07, 6.45) is 2.70. The van der Waals surface area contributed by atoms with E-state index in [0.29, 0.717) is 12.1 Å². The predicted octanol–water partition coefficient (Wildman–Crippen LogP) is 5.20. The minimum Gasteiger partial charge on any atom is -0.302 e. The van der Waals surface area contributed by atoms with E-state index >= 15 is 0 Å². The summed E-state index contributed by atoms with van der Waals surface area (Å²) in [6, 6.07) is 13.4. The average molecular weight is 292 g/mol. The number of nitrogens with one attached hydrogen (secondary N) is 1. The SMILES string of the molecule is CC(NC(c1cccs1)C1CC1)c1ccc(Cl)cc1. The molecule has 100 valence electrons. The molecule has 2 atom stereocenters. The summed E-state index contributed by atoms with van der Waals surface area (Å²) in [5.74, 6) is 0.813. The maximum Gasteiger partial charge on any atom is 0.0448 e. The van der Waals surface area contributed by atoms with E-state index in [1.165, 1.54) is 23.3 Å². The van der Waals surface area contributed by atoms with Gasteiger partial charge in [0.2, 0.25) is 0 Å². The van der Waals surface area contributed by atoms with Gasteiger partial charge in [-0.05, 0) is 54.8 Å². The Morgan fingerprint density at radius 2 is 1.95 bits per heavy atom. The summed E-state index contributed by atoms with van der Waals surface area (Å²) in [7, 11) is 0. The van der Waals surface area contributed by atoms with Gasteiger partial charge in [0.25, 0.3) is 0 Å². The fourth-order valence-corrected chi connectivity index (χ4v) is 3.47. The second-order valence-corrected chi connectivity index (χ2v) is 6.69. The van der Waals surface area contributed by atoms with Crippen LogP contribution in [0.3, 0.4) is 0 Å². The van der Waals surface area contributed by atoms with Crippen LogP contribution < -0.4 is 5.32 Å². The zero-order valence-electron chi connectivity index (χ0n) is 11.0. The first-order valence-electron chi connectivity index (χ1n) is 6.79. The van der Waals surface area contributed by atoms with Gasteiger partial charge in [-0.25, -0.2) is 0 Å². The average Bonchev–Trinajstić information content (AvgIpc) is 3.11. The lowest BCUT2D eigenvalue weighted by atomic mass is 10.0. The third-order valence-corrected chi connectivity index (χ3v) is 4.95. The van der Waals surface area contributed by atoms with Crippen LogP contribution in [0, 0.1) is 5.92 Å². The van der Waals surface area contributed by atoms with Crippen LogP contribution in [-0.4, -0.2) is 0 Å². The highest BCUT2D eigenvalue weighted by molar-refractivity contribution is 7.10. The molecule has 0 spiro atoms. The van der Waals surface area contributed by atoms with E-state index in [0.717, 1.165) is 10.9 Å². The molecule has 1 saturated carbocycles. The van der Waals surface area contributed by atoms with Crippen LogP contribution in [0.2, 0.25) is 5.02 Å². The molecule has 2 unspecified atom stereocenters. The largest absolute Gasteiger partial charge is 0.302 e. The van der Waals surface area contributed by atoms with Crippen LogP contribution >= 0.6 is 22.9 Å². The molecule has 1 aliphatic rings. The Bertz CT molecular complexity index is 516. The van der Waals surface area contributed by atoms with Gasteiger partial charge in [0, 0.05) is 22.0 Å². The minimum atomic E-state index is 0.352. The first-order valence-corrected chi connectivity index (χ1v) is 8.05. The molecule has 1 N–H and O–H groups in total. The summed E-state index contributed by atoms with van der Waals surface area (Å²) in [5, 5.41) is 6.75. The third-order valence-electron chi connectivity index (χ3n) is 3.74. The lowest BCUT2D eigenvalue weighted by molar-refractivity contribution is 0.433. The highest BCUT2D eigenvalue weighted by atomic mass is 35.5. The van der Waals surface area contributed by atoms with Gasteiger partial charge in [-0.15, -0.1) is 11.3 Å². The van der Waals surface area contributed by atoms with E-state index in [1.807, 2.05) is 23.5 Å². The van der Waals surface area contributed by atoms with Crippen LogP contribution in [0.4, 0.5) is 0 Å². The Kier molecular flexibility index (Phi) is 3.92. The summed E-state index contributed by atoms with van der Waals surface area (Å²) in [5.41, 5.74) is 1.30. The first-order chi connectivity index (χ1) is 9.24. The Morgan fingerprint density at radius 3 is 2.53 bits per heavy atom. The smallest absolute Gasteiger partial charge is 0.0448 e. The van der Waals surface area contributed by atoms with E-state index in [9.17, 15) is 0 Å². The molecule has 0 amide bonds. The van der Waals surface area contributed by atoms with Gasteiger partial charge in [-0.2, -0.15) is 0 Å². The van der Waals surface area contributed by atoms with Gasteiger partial charge in [-0.3, -0.25) is 0 Å². The van der Waals surface area contributed by atoms with Crippen molar-refractivity contribution in [2.45, 2.75) is 31.8 Å². The highest BCUT2D eigenvalue weighted by Crippen LogP contribution is 2.43. The Balaban J connectivity index is 1.73. The molecule has 1 aliphatic carbocycles. The third kappa shape index (κ3) is 3.19. The second-order valence-electron chi connectivity index (χ2n) is 5.27. The van der Waals surface area contributed by atoms with Crippen molar-refractivity contribution in [2.24, 2.45) is 5.92 Å². The van der Waals surface area contributed by atoms with Crippen LogP contribution in [0.15, 0.2) is 41.8 Å². The van der Waals surface area contributed by atoms with Crippen LogP contribution in [0.1, 0.15) is 42.3 Å². The fourth-order valence-electron chi connectivity index (χ4n) is 2.47. The molecule has 1 aromatic carbocycles. The quantitative estimate of drug-likeness (QED) is 0.798. The van der Waals surface area contributed by atoms with E-state index in [4.69, 9.17) is 11.6 Å². The van der Waals surface area contributed by atoms with Gasteiger partial charge in [0.05, 0.1) is 0 Å². The molecular formula is C16H18ClNS. The van der Waals surface area contributed by atoms with Crippen molar-refractivity contribution in [3.05, 3.63) is 57.2 Å². The Morgan fingerprint density at radius 1 is 1.21 bits per heavy atom. The standard InChI is InChI=1S/C16H18ClNS/c1-11(12-6-8-14(17)9-7-12)18-16(13-4-5-13)15-3-2-10-19-15/h2-3,6-11,13,16,18H,4-5H2,1H3. The van der Waals surface area contributed by atoms with E-state index in [1.54, 1.807) is 0 Å². The second kappa shape index (κ2) is 5.66. The highest BCUT2D eigenvalue weighted by Gasteiger charge is 2.33. The summed E-state index contributed by atoms with van der Waals surface area (Å²) < 4.78 is 0. The van der Waals surface area contributed by atoms with Crippen LogP contribution in [0.25, 0.3) is 0 Å². The van der Waals surface area contributed by atoms with Gasteiger partial charge in [0.1, 0.15) is 0 Å². The molecule has 3 rings (SSSR count). The molecule has 1 aromatic heterocycles. The van der Waals surface area contributed by atoms with Crippen molar-refractivity contribution in [2.75, 3.05) is 0 Å². The maximum atomic E-state index is 5.95. The predicted molar refractivity (Wildman–Crippen MR) is 82.8 cm³/mol. The number of hydrogen-bond acceptors (Lipinski definition) is 2. The summed E-state index contributed by atoms with van der Waals surface area (Å²) >= 11 is 7.80. The van der Waals surface area contributed by atoms with Crippen molar-refractivity contribution >= 4 is 22.9 Å². The van der Waals surface area contributed by atoms with Crippen LogP contribution in [0.5, 0.6) is 0 Å². The van der Waals surface area contributed by atoms with Crippen LogP contribution in [-0.2, 0) is 0 Å². The van der Waals surface area contributed by atoms with Crippen molar-refractivity contribution in [1.29, 1.82) is 0 Å². The molecule has 0 bridgehead atoms. The topological polar surface area (TPSA) is 12.0 Å². The molecule has 1 heterocycles. The zero-order valence-corrected chi connectivity index (χ0v) is 12.5. The zero-order chi connectivity index (χ0) is 13.2. The van der Waals surface area contributed by atoms with Crippen molar-refractivity contribution < 1.29 is 0 Å². The van der Waals surface area contributed by atoms with Gasteiger partial charge in [0.15, 0.2) is 0 Å². The van der Waals surface area contributed by atoms with Gasteiger partial charge in [-0.1, -0.05) is 29.8 Å². The number of hydrogen-bond donors (Lipinski definition) is 1. The fraction of sp³-hybridized carbons (Fsp3) is 0.375. The molecule has 3 heteroatoms. The summed E-state index contributed by atoms with van der Waals surface area (Å²) in [6.45, 7) is 2.23. The molecule has 19 heavy (non-hydrogen) atoms. The summed E-state index contributed by atoms with van der Waals surface area (Å²) in [4.78, 5) is 1.46. The lowest BCUT2D eigenvalue weighted by Gasteiger charge is -2.23. The van der Waals surface area contributed by atoms with E-state index in [-0.39, 0.29) is 0 Å². The van der Waals surface area contributed by atoms with Crippen molar-refractivity contribution in [3.8, 4) is 0 Å². The maximum absolute atomic E-state index is 5.95. The number of benzene rings is 1. The number of thiophene rings is 1. The molecule has 2 aromatic rings.